The van der Waals surface area contributed by atoms with Crippen molar-refractivity contribution in [3.63, 3.8) is 0 Å². The molecule has 1 saturated heterocycles. The van der Waals surface area contributed by atoms with Crippen LogP contribution in [0.1, 0.15) is 38.2 Å². The number of benzene rings is 1. The summed E-state index contributed by atoms with van der Waals surface area (Å²) < 4.78 is 0. The minimum atomic E-state index is 0.356. The first-order chi connectivity index (χ1) is 8.23. The molecule has 3 rings (SSSR count). The van der Waals surface area contributed by atoms with Crippen LogP contribution in [0.5, 0.6) is 5.75 Å². The second-order valence-electron chi connectivity index (χ2n) is 5.61. The largest absolute Gasteiger partial charge is 0.508 e. The van der Waals surface area contributed by atoms with Gasteiger partial charge in [0.05, 0.1) is 0 Å². The summed E-state index contributed by atoms with van der Waals surface area (Å²) in [5, 5.41) is 9.66. The molecule has 1 aromatic rings. The predicted molar refractivity (Wildman–Crippen MR) is 69.3 cm³/mol. The lowest BCUT2D eigenvalue weighted by atomic mass is 9.74. The Labute approximate surface area is 103 Å². The Morgan fingerprint density at radius 1 is 1.41 bits per heavy atom. The van der Waals surface area contributed by atoms with E-state index in [0.29, 0.717) is 11.2 Å². The number of nitrogens with zero attached hydrogens (tertiary/aromatic N) is 1. The standard InChI is InChI=1S/C15H21NO/c1-2-16-9-8-15(7-6-13(16)11-15)12-4-3-5-14(17)10-12/h3-5,10,13,17H,2,6-9,11H2,1H3. The Morgan fingerprint density at radius 2 is 2.29 bits per heavy atom. The van der Waals surface area contributed by atoms with Crippen LogP contribution in [0.3, 0.4) is 0 Å². The third-order valence-corrected chi connectivity index (χ3v) is 4.84. The van der Waals surface area contributed by atoms with Crippen molar-refractivity contribution in [1.82, 2.24) is 4.90 Å². The second-order valence-corrected chi connectivity index (χ2v) is 5.61. The van der Waals surface area contributed by atoms with Gasteiger partial charge in [0.15, 0.2) is 0 Å². The summed E-state index contributed by atoms with van der Waals surface area (Å²) in [4.78, 5) is 2.62. The maximum absolute atomic E-state index is 9.66. The minimum Gasteiger partial charge on any atom is -0.508 e. The first-order valence-electron chi connectivity index (χ1n) is 6.77. The molecule has 2 aliphatic rings. The Bertz CT molecular complexity index is 417. The fraction of sp³-hybridized carbons (Fsp3) is 0.600. The first kappa shape index (κ1) is 11.1. The molecule has 1 aliphatic carbocycles. The van der Waals surface area contributed by atoms with Gasteiger partial charge in [-0.3, -0.25) is 0 Å². The molecule has 0 amide bonds. The highest BCUT2D eigenvalue weighted by Crippen LogP contribution is 2.49. The van der Waals surface area contributed by atoms with Crippen molar-refractivity contribution in [2.75, 3.05) is 13.1 Å². The molecule has 2 fully saturated rings. The summed E-state index contributed by atoms with van der Waals surface area (Å²) in [6.45, 7) is 4.66. The Balaban J connectivity index is 1.90. The zero-order valence-electron chi connectivity index (χ0n) is 10.5. The fourth-order valence-corrected chi connectivity index (χ4v) is 3.84. The lowest BCUT2D eigenvalue weighted by molar-refractivity contribution is 0.148. The first-order valence-corrected chi connectivity index (χ1v) is 6.77. The molecule has 2 bridgehead atoms. The summed E-state index contributed by atoms with van der Waals surface area (Å²) in [5.74, 6) is 0.415. The molecule has 2 unspecified atom stereocenters. The van der Waals surface area contributed by atoms with Crippen molar-refractivity contribution in [2.24, 2.45) is 0 Å². The monoisotopic (exact) mass is 231 g/mol. The molecule has 2 heteroatoms. The van der Waals surface area contributed by atoms with E-state index in [4.69, 9.17) is 0 Å². The van der Waals surface area contributed by atoms with Gasteiger partial charge in [0, 0.05) is 6.04 Å². The van der Waals surface area contributed by atoms with Crippen LogP contribution in [0.25, 0.3) is 0 Å². The number of hydrogen-bond donors (Lipinski definition) is 1. The van der Waals surface area contributed by atoms with E-state index in [9.17, 15) is 5.11 Å². The molecule has 92 valence electrons. The van der Waals surface area contributed by atoms with Crippen LogP contribution < -0.4 is 0 Å². The van der Waals surface area contributed by atoms with Crippen molar-refractivity contribution in [3.8, 4) is 5.75 Å². The Morgan fingerprint density at radius 3 is 3.06 bits per heavy atom. The highest BCUT2D eigenvalue weighted by Gasteiger charge is 2.45. The fourth-order valence-electron chi connectivity index (χ4n) is 3.84. The summed E-state index contributed by atoms with van der Waals surface area (Å²) in [7, 11) is 0. The maximum atomic E-state index is 9.66. The molecular formula is C15H21NO. The molecular weight excluding hydrogens is 210 g/mol. The molecule has 0 aromatic heterocycles. The molecule has 1 aliphatic heterocycles. The maximum Gasteiger partial charge on any atom is 0.115 e. The number of likely N-dealkylation sites (tertiary alicyclic amines) is 1. The van der Waals surface area contributed by atoms with E-state index in [-0.39, 0.29) is 0 Å². The number of piperidine rings is 1. The Hall–Kier alpha value is -1.02. The van der Waals surface area contributed by atoms with Crippen molar-refractivity contribution < 1.29 is 5.11 Å². The molecule has 2 nitrogen and oxygen atoms in total. The summed E-state index contributed by atoms with van der Waals surface area (Å²) in [6, 6.07) is 8.71. The third-order valence-electron chi connectivity index (χ3n) is 4.84. The SMILES string of the molecule is CCN1CCC2(c3cccc(O)c3)CCC1C2. The van der Waals surface area contributed by atoms with Gasteiger partial charge in [-0.05, 0) is 61.9 Å². The van der Waals surface area contributed by atoms with Gasteiger partial charge in [0.25, 0.3) is 0 Å². The lowest BCUT2D eigenvalue weighted by Crippen LogP contribution is -2.42. The smallest absolute Gasteiger partial charge is 0.115 e. The minimum absolute atomic E-state index is 0.356. The van der Waals surface area contributed by atoms with Gasteiger partial charge < -0.3 is 10.0 Å². The molecule has 0 spiro atoms. The summed E-state index contributed by atoms with van der Waals surface area (Å²) in [6.07, 6.45) is 5.15. The highest BCUT2D eigenvalue weighted by atomic mass is 16.3. The van der Waals surface area contributed by atoms with Crippen LogP contribution in [-0.2, 0) is 5.41 Å². The highest BCUT2D eigenvalue weighted by molar-refractivity contribution is 5.35. The van der Waals surface area contributed by atoms with E-state index >= 15 is 0 Å². The van der Waals surface area contributed by atoms with E-state index < -0.39 is 0 Å². The van der Waals surface area contributed by atoms with E-state index in [1.165, 1.54) is 44.3 Å². The number of rotatable bonds is 2. The van der Waals surface area contributed by atoms with Gasteiger partial charge in [0.2, 0.25) is 0 Å². The lowest BCUT2D eigenvalue weighted by Gasteiger charge is -2.39. The van der Waals surface area contributed by atoms with Crippen LogP contribution in [0.2, 0.25) is 0 Å². The normalized spacial score (nSPS) is 32.9. The van der Waals surface area contributed by atoms with E-state index in [1.807, 2.05) is 12.1 Å². The van der Waals surface area contributed by atoms with Gasteiger partial charge in [-0.15, -0.1) is 0 Å². The van der Waals surface area contributed by atoms with Crippen LogP contribution in [-0.4, -0.2) is 29.1 Å². The molecule has 1 aromatic carbocycles. The molecule has 1 saturated carbocycles. The van der Waals surface area contributed by atoms with Crippen LogP contribution in [0.15, 0.2) is 24.3 Å². The molecule has 0 radical (unpaired) electrons. The molecule has 2 atom stereocenters. The van der Waals surface area contributed by atoms with Crippen molar-refractivity contribution >= 4 is 0 Å². The zero-order chi connectivity index (χ0) is 11.9. The van der Waals surface area contributed by atoms with Crippen molar-refractivity contribution in [2.45, 2.75) is 44.1 Å². The van der Waals surface area contributed by atoms with E-state index in [0.717, 1.165) is 6.04 Å². The van der Waals surface area contributed by atoms with Gasteiger partial charge in [-0.1, -0.05) is 19.1 Å². The number of fused-ring (bicyclic) bond motifs is 2. The van der Waals surface area contributed by atoms with Crippen LogP contribution in [0.4, 0.5) is 0 Å². The number of phenolic OH excluding ortho intramolecular Hbond substituents is 1. The van der Waals surface area contributed by atoms with Crippen LogP contribution >= 0.6 is 0 Å². The van der Waals surface area contributed by atoms with Gasteiger partial charge in [0.1, 0.15) is 5.75 Å². The van der Waals surface area contributed by atoms with E-state index in [1.54, 1.807) is 6.07 Å². The summed E-state index contributed by atoms with van der Waals surface area (Å²) >= 11 is 0. The topological polar surface area (TPSA) is 23.5 Å². The molecule has 1 N–H and O–H groups in total. The quantitative estimate of drug-likeness (QED) is 0.846. The van der Waals surface area contributed by atoms with Gasteiger partial charge in [-0.2, -0.15) is 0 Å². The third kappa shape index (κ3) is 1.75. The molecule has 17 heavy (non-hydrogen) atoms. The number of phenols is 1. The predicted octanol–water partition coefficient (Wildman–Crippen LogP) is 2.91. The second kappa shape index (κ2) is 4.02. The van der Waals surface area contributed by atoms with Gasteiger partial charge in [-0.25, -0.2) is 0 Å². The average molecular weight is 231 g/mol. The number of aromatic hydroxyl groups is 1. The van der Waals surface area contributed by atoms with Crippen molar-refractivity contribution in [3.05, 3.63) is 29.8 Å². The van der Waals surface area contributed by atoms with Crippen LogP contribution in [0, 0.1) is 0 Å². The molecule has 1 heterocycles. The Kier molecular flexibility index (Phi) is 2.62. The number of hydrogen-bond acceptors (Lipinski definition) is 2. The van der Waals surface area contributed by atoms with Crippen molar-refractivity contribution in [1.29, 1.82) is 0 Å². The summed E-state index contributed by atoms with van der Waals surface area (Å²) in [5.41, 5.74) is 1.71. The zero-order valence-corrected chi connectivity index (χ0v) is 10.5. The van der Waals surface area contributed by atoms with E-state index in [2.05, 4.69) is 17.9 Å². The van der Waals surface area contributed by atoms with Gasteiger partial charge >= 0.3 is 0 Å². The average Bonchev–Trinajstić information content (AvgIpc) is 2.69.